The fraction of sp³-hybridized carbons (Fsp3) is 0.341. The Hall–Kier alpha value is -8.63. The maximum Gasteiger partial charge on any atom is 0.237 e. The number of aromatic nitrogens is 10. The lowest BCUT2D eigenvalue weighted by atomic mass is 9.73. The Morgan fingerprint density at radius 3 is 0.785 bits per heavy atom. The second-order valence-corrected chi connectivity index (χ2v) is 41.5. The van der Waals surface area contributed by atoms with Gasteiger partial charge < -0.3 is 36.5 Å². The number of imide groups is 4. The summed E-state index contributed by atoms with van der Waals surface area (Å²) in [4.78, 5) is 155. The molecule has 0 bridgehead atoms. The van der Waals surface area contributed by atoms with Crippen molar-refractivity contribution in [3.05, 3.63) is 194 Å². The smallest absolute Gasteiger partial charge is 0.237 e. The molecule has 2 spiro atoms. The quantitative estimate of drug-likeness (QED) is 0.0597. The van der Waals surface area contributed by atoms with Crippen LogP contribution < -0.4 is 46.6 Å². The number of nitrogens with zero attached hydrogens (tertiary/aromatic N) is 16. The number of carbonyl (C=O) groups is 8. The van der Waals surface area contributed by atoms with Gasteiger partial charge >= 0.3 is 0 Å². The Morgan fingerprint density at radius 1 is 0.323 bits per heavy atom. The highest BCUT2D eigenvalue weighted by atomic mass is 35.5. The number of rotatable bonds is 16. The molecule has 5 aromatic heterocycles. The van der Waals surface area contributed by atoms with Crippen molar-refractivity contribution in [2.75, 3.05) is 74.5 Å². The molecule has 670 valence electrons. The van der Waals surface area contributed by atoms with Crippen LogP contribution in [0, 0.1) is 58.2 Å². The zero-order chi connectivity index (χ0) is 91.0. The number of hydrogen-bond acceptors (Lipinski definition) is 30. The third-order valence-corrected chi connectivity index (χ3v) is 33.2. The van der Waals surface area contributed by atoms with Gasteiger partial charge in [-0.1, -0.05) is 182 Å². The zero-order valence-corrected chi connectivity index (χ0v) is 78.9. The number of benzene rings is 5. The van der Waals surface area contributed by atoms with E-state index in [1.807, 2.05) is 24.3 Å². The van der Waals surface area contributed by atoms with Crippen LogP contribution in [0.25, 0.3) is 0 Å². The molecule has 130 heavy (non-hydrogen) atoms. The number of hydrogen-bond donors (Lipinski definition) is 3. The van der Waals surface area contributed by atoms with Crippen molar-refractivity contribution in [1.82, 2.24) is 49.8 Å². The van der Waals surface area contributed by atoms with Crippen molar-refractivity contribution in [3.8, 4) is 0 Å². The van der Waals surface area contributed by atoms with Gasteiger partial charge in [0.25, 0.3) is 0 Å². The minimum atomic E-state index is -0.164. The zero-order valence-electron chi connectivity index (χ0n) is 68.8. The summed E-state index contributed by atoms with van der Waals surface area (Å²) in [5, 5.41) is 6.34. The third-order valence-electron chi connectivity index (χ3n) is 25.1. The fourth-order valence-electron chi connectivity index (χ4n) is 17.3. The molecule has 6 N–H and O–H groups in total. The van der Waals surface area contributed by atoms with E-state index in [9.17, 15) is 38.4 Å². The van der Waals surface area contributed by atoms with Crippen molar-refractivity contribution in [2.45, 2.75) is 139 Å². The van der Waals surface area contributed by atoms with Crippen molar-refractivity contribution in [1.29, 1.82) is 0 Å². The second-order valence-electron chi connectivity index (χ2n) is 33.1. The number of amides is 8. The first-order chi connectivity index (χ1) is 62.5. The van der Waals surface area contributed by atoms with Gasteiger partial charge in [-0.05, 0) is 126 Å². The summed E-state index contributed by atoms with van der Waals surface area (Å²) in [5.41, 5.74) is 21.0. The highest BCUT2D eigenvalue weighted by Crippen LogP contribution is 2.56. The SMILES string of the molecule is C[C@@H]1OCC2(CCN(c3cnc(Sc4cccc(N5C(=O)C6CC6C5=O)c4Cl)cn3)CC2)[C@@H]1N.C[C@H]1OCC2(CCN(c3cnc(Sc4cccc(N5C(=O)C6CC6C5=O)c4Cl)cn3)CC2)[C@H]1N.Nc1cccc(Sc2cnc(Cl)cn2)c1Cl.O=C1C2CC2C(=O)N1c1cccc(Sc2cnc(Cl)cn2)c1Cl.O=C1C2CC2C(=O)N1c1cccc(Sc2cnc(Cl)cn2)c1Cl. The van der Waals surface area contributed by atoms with Crippen LogP contribution in [0.2, 0.25) is 40.6 Å². The van der Waals surface area contributed by atoms with Crippen LogP contribution in [0.15, 0.2) is 203 Å². The van der Waals surface area contributed by atoms with Gasteiger partial charge in [0, 0.05) is 73.6 Å². The minimum Gasteiger partial charge on any atom is -0.397 e. The molecule has 22 rings (SSSR count). The maximum absolute atomic E-state index is 12.5. The summed E-state index contributed by atoms with van der Waals surface area (Å²) in [5.74, 6) is -0.814. The largest absolute Gasteiger partial charge is 0.397 e. The van der Waals surface area contributed by atoms with Crippen LogP contribution in [-0.2, 0) is 47.8 Å². The summed E-state index contributed by atoms with van der Waals surface area (Å²) in [7, 11) is 0. The van der Waals surface area contributed by atoms with Gasteiger partial charge in [-0.25, -0.2) is 69.4 Å². The van der Waals surface area contributed by atoms with Crippen molar-refractivity contribution in [3.63, 3.8) is 0 Å². The molecule has 0 radical (unpaired) electrons. The average molecular weight is 2000 g/mol. The first-order valence-corrected chi connectivity index (χ1v) is 48.5. The van der Waals surface area contributed by atoms with Gasteiger partial charge in [-0.3, -0.25) is 38.4 Å². The summed E-state index contributed by atoms with van der Waals surface area (Å²) in [6.45, 7) is 9.08. The molecule has 12 aliphatic rings. The Labute approximate surface area is 806 Å². The summed E-state index contributed by atoms with van der Waals surface area (Å²) >= 11 is 55.9. The van der Waals surface area contributed by atoms with Gasteiger partial charge in [-0.2, -0.15) is 0 Å². The van der Waals surface area contributed by atoms with E-state index in [0.29, 0.717) is 125 Å². The summed E-state index contributed by atoms with van der Waals surface area (Å²) in [6, 6.07) is 26.9. The number of ether oxygens (including phenoxy) is 2. The Balaban J connectivity index is 0.000000112. The first kappa shape index (κ1) is 91.8. The number of halogens is 8. The molecule has 42 heteroatoms. The second kappa shape index (κ2) is 38.0. The molecule has 8 aliphatic heterocycles. The molecular formula is C88H77Cl8N19O10S5. The average Bonchev–Trinajstić information content (AvgIpc) is 1.58. The van der Waals surface area contributed by atoms with Crippen molar-refractivity contribution < 1.29 is 47.8 Å². The van der Waals surface area contributed by atoms with E-state index in [1.54, 1.807) is 97.7 Å². The molecule has 5 aromatic carbocycles. The van der Waals surface area contributed by atoms with Gasteiger partial charge in [0.1, 0.15) is 52.2 Å². The standard InChI is InChI=1S/2C24H26ClN5O3S.2C15H9Cl2N3O2S.C10H7Cl2N3S/c2*1-13-21(26)24(12-33-13)5-7-29(8-6-24)18-10-28-19(11-27-18)34-17-4-2-3-16(20(17)25)30-22(31)14-9-15(14)23(30)32;2*16-11-5-19-12(6-18-11)23-10-3-1-2-9(13(10)17)20-14(21)7-4-8(7)15(20)22;11-8-4-15-9(5-14-8)16-7-3-1-2-6(13)10(7)12/h2*2-4,10-11,13-15,21H,5-9,12,26H2,1H3;2*1-3,5-8H,4H2;1-5H,13H2/t2*13-,14?,15?,21+;;;/m10.../s1. The van der Waals surface area contributed by atoms with E-state index >= 15 is 0 Å². The fourth-order valence-corrected chi connectivity index (χ4v) is 23.0. The first-order valence-electron chi connectivity index (χ1n) is 41.4. The Morgan fingerprint density at radius 2 is 0.562 bits per heavy atom. The van der Waals surface area contributed by atoms with Gasteiger partial charge in [0.15, 0.2) is 0 Å². The van der Waals surface area contributed by atoms with Crippen LogP contribution in [0.1, 0.15) is 65.2 Å². The lowest BCUT2D eigenvalue weighted by molar-refractivity contribution is -0.125. The lowest BCUT2D eigenvalue weighted by Gasteiger charge is -2.41. The summed E-state index contributed by atoms with van der Waals surface area (Å²) < 4.78 is 11.6. The number of anilines is 7. The molecule has 10 aromatic rings. The molecule has 4 saturated carbocycles. The van der Waals surface area contributed by atoms with Crippen LogP contribution in [0.3, 0.4) is 0 Å². The highest BCUT2D eigenvalue weighted by molar-refractivity contribution is 8.00. The van der Waals surface area contributed by atoms with E-state index in [0.717, 1.165) is 96.4 Å². The van der Waals surface area contributed by atoms with E-state index < -0.39 is 0 Å². The normalized spacial score (nSPS) is 24.8. The Bertz CT molecular complexity index is 5750. The van der Waals surface area contributed by atoms with E-state index in [-0.39, 0.29) is 130 Å². The van der Waals surface area contributed by atoms with Crippen LogP contribution >= 0.6 is 152 Å². The topological polar surface area (TPSA) is 381 Å². The lowest BCUT2D eigenvalue weighted by Crippen LogP contribution is -2.50. The molecule has 4 aliphatic carbocycles. The van der Waals surface area contributed by atoms with E-state index in [4.69, 9.17) is 119 Å². The highest BCUT2D eigenvalue weighted by Gasteiger charge is 2.63. The molecule has 8 amide bonds. The summed E-state index contributed by atoms with van der Waals surface area (Å²) in [6.07, 6.45) is 22.9. The predicted octanol–water partition coefficient (Wildman–Crippen LogP) is 16.7. The third kappa shape index (κ3) is 18.7. The predicted molar refractivity (Wildman–Crippen MR) is 498 cm³/mol. The number of nitrogens with two attached hydrogens (primary N) is 3. The van der Waals surface area contributed by atoms with Crippen LogP contribution in [0.5, 0.6) is 0 Å². The molecule has 29 nitrogen and oxygen atoms in total. The number of nitrogen functional groups attached to an aromatic ring is 1. The maximum atomic E-state index is 12.5. The van der Waals surface area contributed by atoms with E-state index in [1.165, 1.54) is 109 Å². The van der Waals surface area contributed by atoms with Gasteiger partial charge in [0.05, 0.1) is 188 Å². The van der Waals surface area contributed by atoms with Gasteiger partial charge in [-0.15, -0.1) is 0 Å². The molecule has 12 atom stereocenters. The monoisotopic (exact) mass is 2000 g/mol. The van der Waals surface area contributed by atoms with Gasteiger partial charge in [0.2, 0.25) is 47.3 Å². The minimum absolute atomic E-state index is 0.0690. The number of carbonyl (C=O) groups excluding carboxylic acids is 8. The number of piperidine rings is 6. The molecule has 8 unspecified atom stereocenters. The molecule has 12 fully saturated rings. The molecule has 8 saturated heterocycles. The van der Waals surface area contributed by atoms with Crippen LogP contribution in [0.4, 0.5) is 40.1 Å². The Kier molecular flexibility index (Phi) is 26.9. The van der Waals surface area contributed by atoms with E-state index in [2.05, 4.69) is 73.5 Å². The number of fused-ring (bicyclic) bond motifs is 4. The molecule has 13 heterocycles. The van der Waals surface area contributed by atoms with Crippen molar-refractivity contribution in [2.24, 2.45) is 69.6 Å². The molecular weight excluding hydrogens is 1930 g/mol. The van der Waals surface area contributed by atoms with Crippen LogP contribution in [-0.4, -0.2) is 161 Å². The van der Waals surface area contributed by atoms with Crippen molar-refractivity contribution >= 4 is 239 Å².